The van der Waals surface area contributed by atoms with E-state index in [1.165, 1.54) is 0 Å². The molecule has 0 bridgehead atoms. The Morgan fingerprint density at radius 1 is 1.31 bits per heavy atom. The van der Waals surface area contributed by atoms with Crippen molar-refractivity contribution in [2.24, 2.45) is 5.41 Å². The molecule has 0 saturated heterocycles. The molecule has 6 nitrogen and oxygen atoms in total. The second kappa shape index (κ2) is 6.02. The van der Waals surface area contributed by atoms with Crippen LogP contribution in [0.1, 0.15) is 31.0 Å². The van der Waals surface area contributed by atoms with Crippen LogP contribution in [-0.4, -0.2) is 33.0 Å². The first-order valence-electron chi connectivity index (χ1n) is 8.46. The lowest BCUT2D eigenvalue weighted by Crippen LogP contribution is -2.38. The topological polar surface area (TPSA) is 72.1 Å². The summed E-state index contributed by atoms with van der Waals surface area (Å²) in [6, 6.07) is 7.70. The van der Waals surface area contributed by atoms with Gasteiger partial charge in [-0.25, -0.2) is 0 Å². The number of hydrogen-bond donors (Lipinski definition) is 0. The lowest BCUT2D eigenvalue weighted by Gasteiger charge is -2.24. The van der Waals surface area contributed by atoms with E-state index in [0.717, 1.165) is 16.9 Å². The van der Waals surface area contributed by atoms with Gasteiger partial charge in [-0.05, 0) is 35.4 Å². The molecule has 1 saturated carbocycles. The summed E-state index contributed by atoms with van der Waals surface area (Å²) in [4.78, 5) is 24.5. The third-order valence-corrected chi connectivity index (χ3v) is 6.20. The number of carbonyl (C=O) groups excluding carboxylic acids is 1. The Bertz CT molecular complexity index is 920. The molecule has 1 aliphatic rings. The molecule has 1 aliphatic carbocycles. The number of carbonyl (C=O) groups is 1. The molecular formula is C19H20N4O2S. The highest BCUT2D eigenvalue weighted by Gasteiger charge is 2.68. The van der Waals surface area contributed by atoms with Gasteiger partial charge in [-0.2, -0.15) is 4.98 Å². The van der Waals surface area contributed by atoms with Crippen LogP contribution in [0.15, 0.2) is 46.6 Å². The lowest BCUT2D eigenvalue weighted by molar-refractivity contribution is -0.134. The average molecular weight is 368 g/mol. The van der Waals surface area contributed by atoms with E-state index in [-0.39, 0.29) is 11.3 Å². The van der Waals surface area contributed by atoms with Gasteiger partial charge < -0.3 is 9.42 Å². The van der Waals surface area contributed by atoms with Crippen molar-refractivity contribution in [1.82, 2.24) is 20.0 Å². The smallest absolute Gasteiger partial charge is 0.246 e. The summed E-state index contributed by atoms with van der Waals surface area (Å²) in [5.41, 5.74) is 0.353. The Labute approximate surface area is 155 Å². The Kier molecular flexibility index (Phi) is 3.91. The van der Waals surface area contributed by atoms with Crippen LogP contribution < -0.4 is 0 Å². The third-order valence-electron chi connectivity index (χ3n) is 5.17. The molecule has 0 aromatic carbocycles. The normalized spacial score (nSPS) is 20.7. The molecule has 1 fully saturated rings. The SMILES string of the molecule is CN(Cc1nc(-c2ccncc2)no1)C(=O)[C@]1(c2cccs2)CC1(C)C. The fourth-order valence-electron chi connectivity index (χ4n) is 3.57. The van der Waals surface area contributed by atoms with Crippen molar-refractivity contribution in [2.45, 2.75) is 32.2 Å². The second-order valence-electron chi connectivity index (χ2n) is 7.35. The van der Waals surface area contributed by atoms with Crippen molar-refractivity contribution >= 4 is 17.2 Å². The lowest BCUT2D eigenvalue weighted by atomic mass is 9.92. The van der Waals surface area contributed by atoms with Gasteiger partial charge in [0.25, 0.3) is 0 Å². The molecule has 3 heterocycles. The summed E-state index contributed by atoms with van der Waals surface area (Å²) in [5, 5.41) is 6.03. The molecule has 7 heteroatoms. The third kappa shape index (κ3) is 2.63. The van der Waals surface area contributed by atoms with E-state index in [4.69, 9.17) is 4.52 Å². The summed E-state index contributed by atoms with van der Waals surface area (Å²) in [5.74, 6) is 1.03. The molecule has 0 unspecified atom stereocenters. The summed E-state index contributed by atoms with van der Waals surface area (Å²) < 4.78 is 5.34. The zero-order valence-electron chi connectivity index (χ0n) is 15.0. The number of aromatic nitrogens is 3. The maximum atomic E-state index is 13.3. The van der Waals surface area contributed by atoms with Crippen LogP contribution in [0.2, 0.25) is 0 Å². The van der Waals surface area contributed by atoms with E-state index in [9.17, 15) is 4.79 Å². The highest BCUT2D eigenvalue weighted by atomic mass is 32.1. The fraction of sp³-hybridized carbons (Fsp3) is 0.368. The van der Waals surface area contributed by atoms with Crippen LogP contribution >= 0.6 is 11.3 Å². The molecule has 0 spiro atoms. The zero-order chi connectivity index (χ0) is 18.4. The summed E-state index contributed by atoms with van der Waals surface area (Å²) in [7, 11) is 1.79. The monoisotopic (exact) mass is 368 g/mol. The van der Waals surface area contributed by atoms with E-state index in [1.54, 1.807) is 35.7 Å². The van der Waals surface area contributed by atoms with Crippen molar-refractivity contribution in [1.29, 1.82) is 0 Å². The average Bonchev–Trinajstić information content (AvgIpc) is 3.08. The number of thiophene rings is 1. The number of likely N-dealkylation sites (N-methyl/N-ethyl adjacent to an activating group) is 1. The Balaban J connectivity index is 1.53. The molecule has 3 aromatic heterocycles. The molecule has 4 rings (SSSR count). The zero-order valence-corrected chi connectivity index (χ0v) is 15.8. The minimum Gasteiger partial charge on any atom is -0.337 e. The van der Waals surface area contributed by atoms with Gasteiger partial charge in [-0.3, -0.25) is 9.78 Å². The van der Waals surface area contributed by atoms with Gasteiger partial charge in [0.05, 0.1) is 12.0 Å². The summed E-state index contributed by atoms with van der Waals surface area (Å²) in [6.45, 7) is 4.58. The Morgan fingerprint density at radius 3 is 2.65 bits per heavy atom. The van der Waals surface area contributed by atoms with E-state index in [0.29, 0.717) is 18.3 Å². The van der Waals surface area contributed by atoms with Crippen LogP contribution in [0.25, 0.3) is 11.4 Å². The molecule has 3 aromatic rings. The molecule has 0 N–H and O–H groups in total. The molecule has 0 radical (unpaired) electrons. The minimum absolute atomic E-state index is 0.0414. The number of amides is 1. The van der Waals surface area contributed by atoms with E-state index >= 15 is 0 Å². The Morgan fingerprint density at radius 2 is 2.04 bits per heavy atom. The molecule has 1 amide bonds. The Hall–Kier alpha value is -2.54. The molecule has 0 aliphatic heterocycles. The molecule has 1 atom stereocenters. The highest BCUT2D eigenvalue weighted by Crippen LogP contribution is 2.66. The largest absolute Gasteiger partial charge is 0.337 e. The van der Waals surface area contributed by atoms with Crippen LogP contribution in [0.3, 0.4) is 0 Å². The quantitative estimate of drug-likeness (QED) is 0.689. The van der Waals surface area contributed by atoms with Crippen molar-refractivity contribution in [3.05, 3.63) is 52.8 Å². The van der Waals surface area contributed by atoms with Gasteiger partial charge in [-0.15, -0.1) is 11.3 Å². The van der Waals surface area contributed by atoms with Crippen molar-refractivity contribution in [3.8, 4) is 11.4 Å². The first kappa shape index (κ1) is 16.9. The summed E-state index contributed by atoms with van der Waals surface area (Å²) in [6.07, 6.45) is 4.22. The number of rotatable bonds is 5. The van der Waals surface area contributed by atoms with E-state index in [1.807, 2.05) is 23.6 Å². The van der Waals surface area contributed by atoms with Gasteiger partial charge in [0, 0.05) is 29.9 Å². The first-order chi connectivity index (χ1) is 12.4. The predicted molar refractivity (Wildman–Crippen MR) is 98.4 cm³/mol. The molecule has 26 heavy (non-hydrogen) atoms. The standard InChI is InChI=1S/C19H20N4O2S/c1-18(2)12-19(18,14-5-4-10-26-14)17(24)23(3)11-15-21-16(22-25-15)13-6-8-20-9-7-13/h4-10H,11-12H2,1-3H3/t19-/m1/s1. The van der Waals surface area contributed by atoms with Crippen molar-refractivity contribution in [3.63, 3.8) is 0 Å². The predicted octanol–water partition coefficient (Wildman–Crippen LogP) is 3.52. The van der Waals surface area contributed by atoms with Gasteiger partial charge in [-0.1, -0.05) is 25.1 Å². The van der Waals surface area contributed by atoms with Crippen molar-refractivity contribution in [2.75, 3.05) is 7.05 Å². The van der Waals surface area contributed by atoms with Crippen LogP contribution in [0.5, 0.6) is 0 Å². The second-order valence-corrected chi connectivity index (χ2v) is 8.30. The van der Waals surface area contributed by atoms with E-state index in [2.05, 4.69) is 35.0 Å². The first-order valence-corrected chi connectivity index (χ1v) is 9.34. The van der Waals surface area contributed by atoms with Crippen LogP contribution in [0.4, 0.5) is 0 Å². The van der Waals surface area contributed by atoms with Crippen molar-refractivity contribution < 1.29 is 9.32 Å². The molecule has 134 valence electrons. The molecular weight excluding hydrogens is 348 g/mol. The summed E-state index contributed by atoms with van der Waals surface area (Å²) >= 11 is 1.64. The van der Waals surface area contributed by atoms with Gasteiger partial charge >= 0.3 is 0 Å². The fourth-order valence-corrected chi connectivity index (χ4v) is 4.67. The number of pyridine rings is 1. The van der Waals surface area contributed by atoms with Gasteiger partial charge in [0.1, 0.15) is 0 Å². The van der Waals surface area contributed by atoms with Crippen LogP contribution in [-0.2, 0) is 16.8 Å². The van der Waals surface area contributed by atoms with Gasteiger partial charge in [0.15, 0.2) is 0 Å². The maximum absolute atomic E-state index is 13.3. The number of nitrogens with zero attached hydrogens (tertiary/aromatic N) is 4. The maximum Gasteiger partial charge on any atom is 0.246 e. The minimum atomic E-state index is -0.441. The number of hydrogen-bond acceptors (Lipinski definition) is 6. The van der Waals surface area contributed by atoms with Gasteiger partial charge in [0.2, 0.25) is 17.6 Å². The van der Waals surface area contributed by atoms with E-state index < -0.39 is 5.41 Å². The highest BCUT2D eigenvalue weighted by molar-refractivity contribution is 7.10. The van der Waals surface area contributed by atoms with Crippen LogP contribution in [0, 0.1) is 5.41 Å².